The van der Waals surface area contributed by atoms with Gasteiger partial charge in [0.15, 0.2) is 0 Å². The van der Waals surface area contributed by atoms with Gasteiger partial charge in [0.25, 0.3) is 0 Å². The Morgan fingerprint density at radius 1 is 0.353 bits per heavy atom. The molecule has 0 radical (unpaired) electrons. The van der Waals surface area contributed by atoms with Crippen LogP contribution in [0, 0.1) is 0 Å². The van der Waals surface area contributed by atoms with E-state index in [0.717, 1.165) is 38.5 Å². The summed E-state index contributed by atoms with van der Waals surface area (Å²) in [6.07, 6.45) is 5.74. The van der Waals surface area contributed by atoms with Crippen molar-refractivity contribution < 1.29 is 26.6 Å². The lowest BCUT2D eigenvalue weighted by molar-refractivity contribution is -0.0215. The molecule has 0 aromatic heterocycles. The summed E-state index contributed by atoms with van der Waals surface area (Å²) in [5, 5.41) is 0. The molecule has 206 valence electrons. The van der Waals surface area contributed by atoms with Gasteiger partial charge in [0.1, 0.15) is 0 Å². The minimum Gasteiger partial charge on any atom is -0.371 e. The van der Waals surface area contributed by atoms with E-state index in [4.69, 9.17) is 26.6 Å². The van der Waals surface area contributed by atoms with Gasteiger partial charge in [-0.1, -0.05) is 41.5 Å². The van der Waals surface area contributed by atoms with Crippen molar-refractivity contribution >= 4 is 17.6 Å². The van der Waals surface area contributed by atoms with Crippen LogP contribution in [0.5, 0.6) is 0 Å². The minimum absolute atomic E-state index is 0.0531. The van der Waals surface area contributed by atoms with E-state index in [1.54, 1.807) is 0 Å². The molecule has 0 aliphatic rings. The van der Waals surface area contributed by atoms with Crippen LogP contribution in [0.4, 0.5) is 0 Å². The fourth-order valence-electron chi connectivity index (χ4n) is 3.17. The predicted molar refractivity (Wildman–Crippen MR) is 146 cm³/mol. The van der Waals surface area contributed by atoms with E-state index >= 15 is 0 Å². The van der Waals surface area contributed by atoms with E-state index in [1.807, 2.05) is 0 Å². The highest BCUT2D eigenvalue weighted by molar-refractivity contribution is 6.66. The monoisotopic (exact) mass is 522 g/mol. The van der Waals surface area contributed by atoms with E-state index in [2.05, 4.69) is 83.1 Å². The lowest BCUT2D eigenvalue weighted by atomic mass is 10.3. The zero-order valence-electron chi connectivity index (χ0n) is 24.6. The summed E-state index contributed by atoms with van der Waals surface area (Å²) in [6, 6.07) is 1.25. The maximum atomic E-state index is 6.67. The molecular weight excluding hydrogens is 464 g/mol. The summed E-state index contributed by atoms with van der Waals surface area (Å²) in [6.45, 7) is 25.5. The van der Waals surface area contributed by atoms with Gasteiger partial charge in [-0.2, -0.15) is 0 Å². The van der Waals surface area contributed by atoms with Crippen LogP contribution in [0.25, 0.3) is 0 Å². The average molecular weight is 523 g/mol. The van der Waals surface area contributed by atoms with Crippen molar-refractivity contribution in [2.45, 2.75) is 170 Å². The first-order valence-electron chi connectivity index (χ1n) is 14.0. The quantitative estimate of drug-likeness (QED) is 0.144. The third-order valence-corrected chi connectivity index (χ3v) is 13.3. The van der Waals surface area contributed by atoms with E-state index in [-0.39, 0.29) is 36.6 Å². The molecule has 6 unspecified atom stereocenters. The third kappa shape index (κ3) is 12.9. The van der Waals surface area contributed by atoms with E-state index in [0.29, 0.717) is 12.1 Å². The second kappa shape index (κ2) is 17.6. The molecular formula is C26H58O6Si2. The molecule has 0 aliphatic heterocycles. The first kappa shape index (κ1) is 34.2. The summed E-state index contributed by atoms with van der Waals surface area (Å²) < 4.78 is 40.0. The lowest BCUT2D eigenvalue weighted by Gasteiger charge is -2.40. The molecule has 6 nitrogen and oxygen atoms in total. The molecule has 8 heteroatoms. The first-order valence-corrected chi connectivity index (χ1v) is 17.9. The second-order valence-corrected chi connectivity index (χ2v) is 15.0. The van der Waals surface area contributed by atoms with Crippen LogP contribution in [0.2, 0.25) is 12.1 Å². The summed E-state index contributed by atoms with van der Waals surface area (Å²) in [5.74, 6) is 0. The fraction of sp³-hybridized carbons (Fsp3) is 1.00. The molecule has 0 fully saturated rings. The molecule has 0 aromatic rings. The molecule has 6 atom stereocenters. The van der Waals surface area contributed by atoms with Gasteiger partial charge in [0.05, 0.1) is 0 Å². The Labute approximate surface area is 214 Å². The van der Waals surface area contributed by atoms with Crippen LogP contribution in [-0.2, 0) is 26.6 Å². The van der Waals surface area contributed by atoms with Crippen molar-refractivity contribution in [2.24, 2.45) is 0 Å². The van der Waals surface area contributed by atoms with Crippen LogP contribution in [0.3, 0.4) is 0 Å². The smallest absolute Gasteiger partial charge is 0.371 e. The average Bonchev–Trinajstić information content (AvgIpc) is 2.81. The van der Waals surface area contributed by atoms with Crippen LogP contribution in [0.1, 0.15) is 122 Å². The van der Waals surface area contributed by atoms with Gasteiger partial charge < -0.3 is 26.6 Å². The number of hydrogen-bond acceptors (Lipinski definition) is 6. The molecule has 0 saturated heterocycles. The van der Waals surface area contributed by atoms with Crippen molar-refractivity contribution in [3.05, 3.63) is 0 Å². The van der Waals surface area contributed by atoms with Gasteiger partial charge in [-0.05, 0) is 80.1 Å². The maximum absolute atomic E-state index is 6.67. The van der Waals surface area contributed by atoms with Crippen molar-refractivity contribution in [2.75, 3.05) is 0 Å². The van der Waals surface area contributed by atoms with E-state index in [1.165, 1.54) is 0 Å². The maximum Gasteiger partial charge on any atom is 0.501 e. The number of hydrogen-bond donors (Lipinski definition) is 0. The standard InChI is InChI=1S/C26H58O6Si2/c1-13-21(7)27-33(28-22(8)14-2,29-23(9)15-3)19-20-34(30-24(10)16-4,31-25(11)17-5)32-26(12)18-6/h21-26H,13-20H2,1-12H3. The van der Waals surface area contributed by atoms with Gasteiger partial charge in [0.2, 0.25) is 0 Å². The van der Waals surface area contributed by atoms with E-state index in [9.17, 15) is 0 Å². The van der Waals surface area contributed by atoms with Crippen molar-refractivity contribution in [3.63, 3.8) is 0 Å². The van der Waals surface area contributed by atoms with Crippen LogP contribution >= 0.6 is 0 Å². The fourth-order valence-corrected chi connectivity index (χ4v) is 11.3. The lowest BCUT2D eigenvalue weighted by Crippen LogP contribution is -2.56. The Balaban J connectivity index is 6.31. The highest BCUT2D eigenvalue weighted by atomic mass is 28.4. The second-order valence-electron chi connectivity index (χ2n) is 9.89. The molecule has 0 aliphatic carbocycles. The van der Waals surface area contributed by atoms with Gasteiger partial charge >= 0.3 is 17.6 Å². The largest absolute Gasteiger partial charge is 0.501 e. The van der Waals surface area contributed by atoms with Crippen molar-refractivity contribution in [1.29, 1.82) is 0 Å². The molecule has 0 spiro atoms. The highest BCUT2D eigenvalue weighted by Crippen LogP contribution is 2.33. The molecule has 0 saturated carbocycles. The molecule has 0 bridgehead atoms. The zero-order chi connectivity index (χ0) is 26.4. The normalized spacial score (nSPS) is 21.2. The minimum atomic E-state index is -3.05. The van der Waals surface area contributed by atoms with Gasteiger partial charge in [-0.25, -0.2) is 0 Å². The Hall–Kier alpha value is 0.194. The molecule has 0 aromatic carbocycles. The van der Waals surface area contributed by atoms with Crippen LogP contribution < -0.4 is 0 Å². The Bertz CT molecular complexity index is 403. The molecule has 0 rings (SSSR count). The Morgan fingerprint density at radius 3 is 0.618 bits per heavy atom. The van der Waals surface area contributed by atoms with Crippen LogP contribution in [0.15, 0.2) is 0 Å². The summed E-state index contributed by atoms with van der Waals surface area (Å²) >= 11 is 0. The topological polar surface area (TPSA) is 55.4 Å². The Kier molecular flexibility index (Phi) is 17.7. The molecule has 0 heterocycles. The van der Waals surface area contributed by atoms with E-state index < -0.39 is 17.6 Å². The number of rotatable bonds is 21. The van der Waals surface area contributed by atoms with Gasteiger partial charge in [0, 0.05) is 48.7 Å². The SMILES string of the molecule is CCC(C)O[Si](CC[Si](OC(C)CC)(OC(C)CC)OC(C)CC)(OC(C)CC)OC(C)CC. The first-order chi connectivity index (χ1) is 15.9. The molecule has 34 heavy (non-hydrogen) atoms. The Morgan fingerprint density at radius 2 is 0.500 bits per heavy atom. The zero-order valence-corrected chi connectivity index (χ0v) is 26.6. The highest BCUT2D eigenvalue weighted by Gasteiger charge is 2.52. The molecule has 0 N–H and O–H groups in total. The van der Waals surface area contributed by atoms with Crippen molar-refractivity contribution in [1.82, 2.24) is 0 Å². The summed E-state index contributed by atoms with van der Waals surface area (Å²) in [4.78, 5) is 0. The third-order valence-electron chi connectivity index (χ3n) is 6.47. The van der Waals surface area contributed by atoms with Crippen molar-refractivity contribution in [3.8, 4) is 0 Å². The van der Waals surface area contributed by atoms with Gasteiger partial charge in [-0.15, -0.1) is 0 Å². The molecule has 0 amide bonds. The summed E-state index contributed by atoms with van der Waals surface area (Å²) in [7, 11) is -6.09. The summed E-state index contributed by atoms with van der Waals surface area (Å²) in [5.41, 5.74) is 0. The van der Waals surface area contributed by atoms with Gasteiger partial charge in [-0.3, -0.25) is 0 Å². The predicted octanol–water partition coefficient (Wildman–Crippen LogP) is 7.75. The van der Waals surface area contributed by atoms with Crippen LogP contribution in [-0.4, -0.2) is 54.2 Å².